The van der Waals surface area contributed by atoms with Gasteiger partial charge in [0.25, 0.3) is 0 Å². The van der Waals surface area contributed by atoms with Gasteiger partial charge in [0, 0.05) is 37.8 Å². The third-order valence-corrected chi connectivity index (χ3v) is 4.95. The number of piperidine rings is 1. The van der Waals surface area contributed by atoms with Crippen molar-refractivity contribution in [2.45, 2.75) is 32.0 Å². The van der Waals surface area contributed by atoms with Gasteiger partial charge < -0.3 is 19.7 Å². The van der Waals surface area contributed by atoms with Crippen LogP contribution in [-0.2, 0) is 15.9 Å². The lowest BCUT2D eigenvalue weighted by Gasteiger charge is -2.38. The molecule has 0 radical (unpaired) electrons. The average Bonchev–Trinajstić information content (AvgIpc) is 3.11. The summed E-state index contributed by atoms with van der Waals surface area (Å²) in [6, 6.07) is 10.2. The van der Waals surface area contributed by atoms with Crippen molar-refractivity contribution in [2.75, 3.05) is 36.5 Å². The zero-order valence-corrected chi connectivity index (χ0v) is 14.6. The quantitative estimate of drug-likeness (QED) is 0.923. The first kappa shape index (κ1) is 16.3. The normalized spacial score (nSPS) is 19.3. The van der Waals surface area contributed by atoms with Crippen molar-refractivity contribution in [1.82, 2.24) is 9.97 Å². The molecule has 4 rings (SSSR count). The van der Waals surface area contributed by atoms with Crippen LogP contribution in [0, 0.1) is 0 Å². The van der Waals surface area contributed by atoms with Crippen LogP contribution in [0.4, 0.5) is 17.5 Å². The zero-order chi connectivity index (χ0) is 17.1. The van der Waals surface area contributed by atoms with Crippen molar-refractivity contribution in [1.29, 1.82) is 0 Å². The highest BCUT2D eigenvalue weighted by atomic mass is 16.7. The van der Waals surface area contributed by atoms with Crippen LogP contribution in [0.5, 0.6) is 0 Å². The number of nitrogens with zero attached hydrogens (tertiary/aromatic N) is 3. The number of hydrogen-bond donors (Lipinski definition) is 1. The Bertz CT molecular complexity index is 721. The van der Waals surface area contributed by atoms with Crippen molar-refractivity contribution in [3.05, 3.63) is 42.1 Å². The molecular formula is C19H24N4O2. The summed E-state index contributed by atoms with van der Waals surface area (Å²) in [5, 5.41) is 3.35. The van der Waals surface area contributed by atoms with Crippen LogP contribution in [0.3, 0.4) is 0 Å². The summed E-state index contributed by atoms with van der Waals surface area (Å²) >= 11 is 0. The van der Waals surface area contributed by atoms with E-state index in [2.05, 4.69) is 40.3 Å². The molecule has 2 saturated heterocycles. The predicted molar refractivity (Wildman–Crippen MR) is 97.2 cm³/mol. The lowest BCUT2D eigenvalue weighted by molar-refractivity contribution is -0.169. The zero-order valence-electron chi connectivity index (χ0n) is 14.6. The van der Waals surface area contributed by atoms with E-state index in [4.69, 9.17) is 14.5 Å². The third kappa shape index (κ3) is 3.45. The lowest BCUT2D eigenvalue weighted by Crippen LogP contribution is -2.45. The van der Waals surface area contributed by atoms with E-state index in [-0.39, 0.29) is 5.79 Å². The molecule has 3 heterocycles. The van der Waals surface area contributed by atoms with E-state index in [0.29, 0.717) is 19.2 Å². The van der Waals surface area contributed by atoms with Crippen LogP contribution in [0.1, 0.15) is 25.3 Å². The van der Waals surface area contributed by atoms with Gasteiger partial charge in [-0.25, -0.2) is 4.98 Å². The van der Waals surface area contributed by atoms with Crippen LogP contribution in [0.25, 0.3) is 0 Å². The summed E-state index contributed by atoms with van der Waals surface area (Å²) < 4.78 is 11.6. The lowest BCUT2D eigenvalue weighted by atomic mass is 10.0. The maximum Gasteiger partial charge on any atom is 0.229 e. The molecular weight excluding hydrogens is 316 g/mol. The molecule has 6 nitrogen and oxygen atoms in total. The van der Waals surface area contributed by atoms with Gasteiger partial charge in [0.2, 0.25) is 5.95 Å². The first-order chi connectivity index (χ1) is 12.3. The summed E-state index contributed by atoms with van der Waals surface area (Å²) in [5.74, 6) is 1.22. The second-order valence-corrected chi connectivity index (χ2v) is 6.47. The molecule has 0 bridgehead atoms. The molecule has 2 fully saturated rings. The number of anilines is 3. The fourth-order valence-corrected chi connectivity index (χ4v) is 3.52. The highest BCUT2D eigenvalue weighted by Gasteiger charge is 2.40. The Balaban J connectivity index is 1.46. The largest absolute Gasteiger partial charge is 0.356 e. The number of ether oxygens (including phenoxy) is 2. The van der Waals surface area contributed by atoms with Crippen LogP contribution >= 0.6 is 0 Å². The van der Waals surface area contributed by atoms with E-state index in [0.717, 1.165) is 43.9 Å². The Morgan fingerprint density at radius 2 is 1.88 bits per heavy atom. The highest BCUT2D eigenvalue weighted by molar-refractivity contribution is 5.59. The van der Waals surface area contributed by atoms with Crippen molar-refractivity contribution in [3.8, 4) is 0 Å². The van der Waals surface area contributed by atoms with Crippen LogP contribution in [0.15, 0.2) is 36.5 Å². The van der Waals surface area contributed by atoms with Crippen molar-refractivity contribution in [2.24, 2.45) is 0 Å². The molecule has 6 heteroatoms. The Morgan fingerprint density at radius 3 is 2.64 bits per heavy atom. The second kappa shape index (κ2) is 6.98. The van der Waals surface area contributed by atoms with Crippen LogP contribution in [-0.4, -0.2) is 42.1 Å². The Hall–Kier alpha value is -2.18. The number of para-hydroxylation sites is 1. The molecule has 1 N–H and O–H groups in total. The molecule has 0 atom stereocenters. The number of aromatic nitrogens is 2. The molecule has 25 heavy (non-hydrogen) atoms. The minimum absolute atomic E-state index is 0.356. The fraction of sp³-hybridized carbons (Fsp3) is 0.474. The van der Waals surface area contributed by atoms with E-state index in [9.17, 15) is 0 Å². The standard InChI is InChI=1S/C19H24N4O2/c1-2-15-5-3-4-6-16(15)21-18-20-10-7-17(22-18)23-11-8-19(9-12-23)24-13-14-25-19/h3-7,10H,2,8-9,11-14H2,1H3,(H,20,21,22). The molecule has 0 amide bonds. The molecule has 132 valence electrons. The molecule has 0 unspecified atom stereocenters. The van der Waals surface area contributed by atoms with Crippen molar-refractivity contribution >= 4 is 17.5 Å². The summed E-state index contributed by atoms with van der Waals surface area (Å²) in [5.41, 5.74) is 2.32. The molecule has 1 aromatic carbocycles. The Kier molecular flexibility index (Phi) is 4.55. The topological polar surface area (TPSA) is 59.5 Å². The monoisotopic (exact) mass is 340 g/mol. The minimum Gasteiger partial charge on any atom is -0.356 e. The van der Waals surface area contributed by atoms with Gasteiger partial charge in [0.15, 0.2) is 5.79 Å². The van der Waals surface area contributed by atoms with Crippen molar-refractivity contribution < 1.29 is 9.47 Å². The predicted octanol–water partition coefficient (Wildman–Crippen LogP) is 3.13. The number of rotatable bonds is 4. The first-order valence-corrected chi connectivity index (χ1v) is 8.99. The van der Waals surface area contributed by atoms with Crippen LogP contribution in [0.2, 0.25) is 0 Å². The molecule has 2 aromatic rings. The SMILES string of the molecule is CCc1ccccc1Nc1nccc(N2CCC3(CC2)OCCO3)n1. The average molecular weight is 340 g/mol. The maximum absolute atomic E-state index is 5.80. The van der Waals surface area contributed by atoms with Crippen molar-refractivity contribution in [3.63, 3.8) is 0 Å². The van der Waals surface area contributed by atoms with E-state index >= 15 is 0 Å². The number of nitrogens with one attached hydrogen (secondary N) is 1. The minimum atomic E-state index is -0.356. The maximum atomic E-state index is 5.80. The van der Waals surface area contributed by atoms with Gasteiger partial charge in [-0.2, -0.15) is 4.98 Å². The van der Waals surface area contributed by atoms with Crippen LogP contribution < -0.4 is 10.2 Å². The van der Waals surface area contributed by atoms with Gasteiger partial charge in [-0.3, -0.25) is 0 Å². The molecule has 1 aromatic heterocycles. The molecule has 2 aliphatic rings. The molecule has 0 saturated carbocycles. The summed E-state index contributed by atoms with van der Waals surface area (Å²) in [4.78, 5) is 11.4. The highest BCUT2D eigenvalue weighted by Crippen LogP contribution is 2.32. The molecule has 0 aliphatic carbocycles. The Morgan fingerprint density at radius 1 is 1.12 bits per heavy atom. The smallest absolute Gasteiger partial charge is 0.229 e. The van der Waals surface area contributed by atoms with E-state index in [1.54, 1.807) is 0 Å². The number of aryl methyl sites for hydroxylation is 1. The molecule has 1 spiro atoms. The second-order valence-electron chi connectivity index (χ2n) is 6.47. The van der Waals surface area contributed by atoms with Gasteiger partial charge in [-0.1, -0.05) is 25.1 Å². The summed E-state index contributed by atoms with van der Waals surface area (Å²) in [7, 11) is 0. The van der Waals surface area contributed by atoms with E-state index in [1.165, 1.54) is 5.56 Å². The van der Waals surface area contributed by atoms with E-state index < -0.39 is 0 Å². The number of hydrogen-bond acceptors (Lipinski definition) is 6. The summed E-state index contributed by atoms with van der Waals surface area (Å²) in [6.45, 7) is 5.31. The van der Waals surface area contributed by atoms with E-state index in [1.807, 2.05) is 18.3 Å². The number of benzene rings is 1. The summed E-state index contributed by atoms with van der Waals surface area (Å²) in [6.07, 6.45) is 4.53. The van der Waals surface area contributed by atoms with Gasteiger partial charge in [0.1, 0.15) is 5.82 Å². The molecule has 2 aliphatic heterocycles. The fourth-order valence-electron chi connectivity index (χ4n) is 3.52. The van der Waals surface area contributed by atoms with Gasteiger partial charge in [-0.05, 0) is 24.1 Å². The first-order valence-electron chi connectivity index (χ1n) is 8.99. The third-order valence-electron chi connectivity index (χ3n) is 4.95. The van der Waals surface area contributed by atoms with Gasteiger partial charge in [-0.15, -0.1) is 0 Å². The van der Waals surface area contributed by atoms with Gasteiger partial charge >= 0.3 is 0 Å². The Labute approximate surface area is 148 Å². The van der Waals surface area contributed by atoms with Gasteiger partial charge in [0.05, 0.1) is 13.2 Å².